The van der Waals surface area contributed by atoms with E-state index in [1.54, 1.807) is 0 Å². The first-order valence-corrected chi connectivity index (χ1v) is 12.2. The van der Waals surface area contributed by atoms with Gasteiger partial charge in [0.2, 0.25) is 0 Å². The summed E-state index contributed by atoms with van der Waals surface area (Å²) < 4.78 is 50.5. The number of aliphatic hydroxyl groups is 1. The zero-order chi connectivity index (χ0) is 26.0. The molecular weight excluding hydrogens is 512 g/mol. The summed E-state index contributed by atoms with van der Waals surface area (Å²) in [6.45, 7) is 1.69. The highest BCUT2D eigenvalue weighted by molar-refractivity contribution is 7.52. The number of aliphatic hydroxyl groups excluding tert-OH is 1. The summed E-state index contributed by atoms with van der Waals surface area (Å²) in [6, 6.07) is 5.60. The number of alkyl halides is 1. The molecule has 6 atom stereocenters. The number of nitrogens with zero attached hydrogens (tertiary/aromatic N) is 1. The number of carbonyl (C=O) groups is 1. The molecule has 15 heteroatoms. The van der Waals surface area contributed by atoms with E-state index in [-0.39, 0.29) is 5.75 Å². The molecule has 192 valence electrons. The molecule has 1 aromatic heterocycles. The number of ether oxygens (including phenoxy) is 2. The van der Waals surface area contributed by atoms with Gasteiger partial charge in [-0.1, -0.05) is 11.6 Å². The van der Waals surface area contributed by atoms with E-state index >= 15 is 4.39 Å². The van der Waals surface area contributed by atoms with Crippen LogP contribution in [0.25, 0.3) is 0 Å². The second-order valence-electron chi connectivity index (χ2n) is 7.85. The van der Waals surface area contributed by atoms with Crippen LogP contribution in [0, 0.1) is 0 Å². The second-order valence-corrected chi connectivity index (χ2v) is 9.98. The van der Waals surface area contributed by atoms with Gasteiger partial charge in [0.25, 0.3) is 5.56 Å². The molecule has 12 nitrogen and oxygen atoms in total. The van der Waals surface area contributed by atoms with Gasteiger partial charge >= 0.3 is 19.4 Å². The van der Waals surface area contributed by atoms with Crippen LogP contribution in [0.15, 0.2) is 46.1 Å². The monoisotopic (exact) mass is 535 g/mol. The van der Waals surface area contributed by atoms with E-state index in [0.717, 1.165) is 30.9 Å². The largest absolute Gasteiger partial charge is 0.468 e. The summed E-state index contributed by atoms with van der Waals surface area (Å²) in [7, 11) is -3.20. The van der Waals surface area contributed by atoms with Crippen molar-refractivity contribution in [2.24, 2.45) is 0 Å². The Labute approximate surface area is 203 Å². The lowest BCUT2D eigenvalue weighted by Crippen LogP contribution is -2.43. The van der Waals surface area contributed by atoms with Gasteiger partial charge in [-0.05, 0) is 38.1 Å². The number of carbonyl (C=O) groups excluding carboxylic acids is 1. The lowest BCUT2D eigenvalue weighted by Gasteiger charge is -2.25. The first-order chi connectivity index (χ1) is 16.4. The molecule has 0 aliphatic carbocycles. The number of aromatic nitrogens is 2. The van der Waals surface area contributed by atoms with E-state index in [2.05, 4.69) is 9.82 Å². The summed E-state index contributed by atoms with van der Waals surface area (Å²) in [5.41, 5.74) is -4.15. The van der Waals surface area contributed by atoms with Crippen molar-refractivity contribution in [3.63, 3.8) is 0 Å². The third kappa shape index (κ3) is 6.18. The topological polar surface area (TPSA) is 158 Å². The highest BCUT2D eigenvalue weighted by atomic mass is 35.5. The van der Waals surface area contributed by atoms with Crippen LogP contribution in [0.3, 0.4) is 0 Å². The van der Waals surface area contributed by atoms with Gasteiger partial charge in [-0.15, -0.1) is 0 Å². The van der Waals surface area contributed by atoms with Crippen LogP contribution in [0.4, 0.5) is 4.39 Å². The Morgan fingerprint density at radius 1 is 1.37 bits per heavy atom. The molecule has 1 aliphatic heterocycles. The Morgan fingerprint density at radius 3 is 2.63 bits per heavy atom. The SMILES string of the molecule is COC(=O)[C@H](C)NP(=O)(OC[C@H]1O[C@@H](n2ccc(=O)[nH]c2=O)[C@](C)(F)[C@@H]1O)Oc1ccc(Cl)cc1. The van der Waals surface area contributed by atoms with Crippen molar-refractivity contribution in [3.8, 4) is 5.75 Å². The minimum Gasteiger partial charge on any atom is -0.468 e. The fraction of sp³-hybridized carbons (Fsp3) is 0.450. The molecule has 35 heavy (non-hydrogen) atoms. The van der Waals surface area contributed by atoms with Crippen molar-refractivity contribution in [1.82, 2.24) is 14.6 Å². The van der Waals surface area contributed by atoms with E-state index < -0.39 is 61.7 Å². The molecule has 2 aromatic rings. The Bertz CT molecular complexity index is 1220. The zero-order valence-electron chi connectivity index (χ0n) is 18.8. The summed E-state index contributed by atoms with van der Waals surface area (Å²) in [5.74, 6) is -0.692. The normalized spacial score (nSPS) is 26.6. The number of aromatic amines is 1. The van der Waals surface area contributed by atoms with Gasteiger partial charge in [0.1, 0.15) is 24.0 Å². The average molecular weight is 536 g/mol. The van der Waals surface area contributed by atoms with Crippen LogP contribution in [0.1, 0.15) is 20.1 Å². The Balaban J connectivity index is 1.81. The van der Waals surface area contributed by atoms with E-state index in [1.807, 2.05) is 4.98 Å². The van der Waals surface area contributed by atoms with Crippen LogP contribution in [0.5, 0.6) is 5.75 Å². The van der Waals surface area contributed by atoms with Crippen LogP contribution < -0.4 is 20.9 Å². The number of hydrogen-bond acceptors (Lipinski definition) is 9. The maximum atomic E-state index is 15.4. The van der Waals surface area contributed by atoms with Gasteiger partial charge in [-0.25, -0.2) is 13.8 Å². The first kappa shape index (κ1) is 27.1. The molecule has 0 amide bonds. The molecule has 3 N–H and O–H groups in total. The molecule has 1 fully saturated rings. The number of benzene rings is 1. The molecule has 0 spiro atoms. The van der Waals surface area contributed by atoms with E-state index in [1.165, 1.54) is 31.2 Å². The highest BCUT2D eigenvalue weighted by Crippen LogP contribution is 2.47. The lowest BCUT2D eigenvalue weighted by atomic mass is 9.98. The van der Waals surface area contributed by atoms with E-state index in [4.69, 9.17) is 25.4 Å². The average Bonchev–Trinajstić information content (AvgIpc) is 3.02. The number of H-pyrrole nitrogens is 1. The Kier molecular flexibility index (Phi) is 8.20. The second kappa shape index (κ2) is 10.6. The van der Waals surface area contributed by atoms with E-state index in [0.29, 0.717) is 5.02 Å². The number of rotatable bonds is 9. The zero-order valence-corrected chi connectivity index (χ0v) is 20.5. The number of nitrogens with one attached hydrogen (secondary N) is 2. The molecule has 3 rings (SSSR count). The summed E-state index contributed by atoms with van der Waals surface area (Å²) >= 11 is 5.85. The van der Waals surface area contributed by atoms with E-state index in [9.17, 15) is 24.1 Å². The third-order valence-electron chi connectivity index (χ3n) is 5.18. The molecule has 0 bridgehead atoms. The molecule has 0 saturated carbocycles. The van der Waals surface area contributed by atoms with Crippen molar-refractivity contribution in [3.05, 3.63) is 62.4 Å². The van der Waals surface area contributed by atoms with Crippen molar-refractivity contribution in [2.45, 2.75) is 44.0 Å². The van der Waals surface area contributed by atoms with Crippen molar-refractivity contribution >= 4 is 25.3 Å². The summed E-state index contributed by atoms with van der Waals surface area (Å²) in [5, 5.41) is 13.3. The molecule has 0 radical (unpaired) electrons. The molecule has 1 unspecified atom stereocenters. The predicted octanol–water partition coefficient (Wildman–Crippen LogP) is 1.53. The molecule has 1 aromatic carbocycles. The molecule has 2 heterocycles. The molecule has 1 aliphatic rings. The predicted molar refractivity (Wildman–Crippen MR) is 121 cm³/mol. The smallest absolute Gasteiger partial charge is 0.459 e. The Morgan fingerprint density at radius 2 is 2.03 bits per heavy atom. The molecular formula is C20H24ClFN3O9P. The minimum absolute atomic E-state index is 0.0724. The lowest BCUT2D eigenvalue weighted by molar-refractivity contribution is -0.142. The number of halogens is 2. The number of hydrogen-bond donors (Lipinski definition) is 3. The quantitative estimate of drug-likeness (QED) is 0.317. The van der Waals surface area contributed by atoms with Gasteiger partial charge in [-0.3, -0.25) is 23.7 Å². The van der Waals surface area contributed by atoms with Gasteiger partial charge in [-0.2, -0.15) is 5.09 Å². The third-order valence-corrected chi connectivity index (χ3v) is 7.07. The van der Waals surface area contributed by atoms with Crippen LogP contribution >= 0.6 is 19.3 Å². The standard InChI is InChI=1S/C20H24ClFN3O9P/c1-11(17(28)31-3)24-35(30,34-13-6-4-12(21)5-7-13)32-10-14-16(27)20(2,22)18(33-14)25-9-8-15(26)23-19(25)29/h4-9,11,14,16,18,27H,10H2,1-3H3,(H,24,30)(H,23,26,29)/t11-,14+,16+,18+,20+,35?/m0/s1. The minimum atomic E-state index is -4.33. The van der Waals surface area contributed by atoms with Crippen molar-refractivity contribution < 1.29 is 37.4 Å². The van der Waals surface area contributed by atoms with Crippen LogP contribution in [-0.2, 0) is 23.4 Å². The van der Waals surface area contributed by atoms with Gasteiger partial charge in [0, 0.05) is 17.3 Å². The van der Waals surface area contributed by atoms with Crippen LogP contribution in [0.2, 0.25) is 5.02 Å². The fourth-order valence-electron chi connectivity index (χ4n) is 3.32. The van der Waals surface area contributed by atoms with Crippen molar-refractivity contribution in [1.29, 1.82) is 0 Å². The van der Waals surface area contributed by atoms with Gasteiger partial charge < -0.3 is 19.1 Å². The number of esters is 1. The maximum absolute atomic E-state index is 15.4. The van der Waals surface area contributed by atoms with Crippen LogP contribution in [-0.4, -0.2) is 58.3 Å². The number of methoxy groups -OCH3 is 1. The van der Waals surface area contributed by atoms with Gasteiger partial charge in [0.15, 0.2) is 11.9 Å². The summed E-state index contributed by atoms with van der Waals surface area (Å²) in [6.07, 6.45) is -3.85. The Hall–Kier alpha value is -2.54. The highest BCUT2D eigenvalue weighted by Gasteiger charge is 2.55. The molecule has 1 saturated heterocycles. The van der Waals surface area contributed by atoms with Gasteiger partial charge in [0.05, 0.1) is 13.7 Å². The summed E-state index contributed by atoms with van der Waals surface area (Å²) in [4.78, 5) is 37.2. The first-order valence-electron chi connectivity index (χ1n) is 10.3. The maximum Gasteiger partial charge on any atom is 0.459 e. The fourth-order valence-corrected chi connectivity index (χ4v) is 4.95. The van der Waals surface area contributed by atoms with Crippen molar-refractivity contribution in [2.75, 3.05) is 13.7 Å².